The number of rotatable bonds is 5. The van der Waals surface area contributed by atoms with E-state index in [1.54, 1.807) is 0 Å². The molecule has 0 aromatic carbocycles. The summed E-state index contributed by atoms with van der Waals surface area (Å²) in [4.78, 5) is 2.44. The normalized spacial score (nSPS) is 22.2. The second kappa shape index (κ2) is 4.83. The molecule has 1 fully saturated rings. The quantitative estimate of drug-likeness (QED) is 0.677. The molecule has 1 aliphatic rings. The number of aliphatic hydroxyl groups is 1. The van der Waals surface area contributed by atoms with Crippen molar-refractivity contribution in [2.45, 2.75) is 39.2 Å². The maximum atomic E-state index is 9.32. The van der Waals surface area contributed by atoms with E-state index in [1.807, 2.05) is 6.92 Å². The van der Waals surface area contributed by atoms with Crippen molar-refractivity contribution in [3.05, 3.63) is 0 Å². The van der Waals surface area contributed by atoms with Crippen LogP contribution in [0.3, 0.4) is 0 Å². The van der Waals surface area contributed by atoms with Gasteiger partial charge >= 0.3 is 0 Å². The Morgan fingerprint density at radius 2 is 2.08 bits per heavy atom. The summed E-state index contributed by atoms with van der Waals surface area (Å²) < 4.78 is 0. The molecule has 1 rings (SSSR count). The van der Waals surface area contributed by atoms with Gasteiger partial charge in [0.25, 0.3) is 0 Å². The van der Waals surface area contributed by atoms with E-state index in [0.29, 0.717) is 0 Å². The maximum Gasteiger partial charge on any atom is 0.0549 e. The Bertz CT molecular complexity index is 121. The van der Waals surface area contributed by atoms with Gasteiger partial charge in [0.05, 0.1) is 6.10 Å². The highest BCUT2D eigenvalue weighted by Crippen LogP contribution is 2.18. The van der Waals surface area contributed by atoms with Crippen LogP contribution in [0.1, 0.15) is 33.1 Å². The molecule has 0 amide bonds. The van der Waals surface area contributed by atoms with E-state index in [0.717, 1.165) is 25.3 Å². The molecular weight excluding hydrogens is 150 g/mol. The van der Waals surface area contributed by atoms with Gasteiger partial charge in [0.1, 0.15) is 0 Å². The number of aliphatic hydroxyl groups excluding tert-OH is 1. The van der Waals surface area contributed by atoms with Gasteiger partial charge in [-0.05, 0) is 18.8 Å². The third kappa shape index (κ3) is 2.76. The minimum Gasteiger partial charge on any atom is -0.393 e. The van der Waals surface area contributed by atoms with Crippen LogP contribution in [0.5, 0.6) is 0 Å². The van der Waals surface area contributed by atoms with Crippen LogP contribution in [0.15, 0.2) is 0 Å². The van der Waals surface area contributed by atoms with Gasteiger partial charge in [-0.25, -0.2) is 0 Å². The van der Waals surface area contributed by atoms with Crippen molar-refractivity contribution < 1.29 is 5.11 Å². The first-order valence-corrected chi connectivity index (χ1v) is 5.16. The first kappa shape index (κ1) is 10.0. The van der Waals surface area contributed by atoms with Crippen molar-refractivity contribution in [2.24, 2.45) is 5.92 Å². The molecule has 0 radical (unpaired) electrons. The molecule has 0 saturated carbocycles. The Kier molecular flexibility index (Phi) is 4.02. The van der Waals surface area contributed by atoms with E-state index in [1.165, 1.54) is 19.5 Å². The second-order valence-corrected chi connectivity index (χ2v) is 3.88. The highest BCUT2D eigenvalue weighted by molar-refractivity contribution is 4.78. The van der Waals surface area contributed by atoms with Crippen LogP contribution in [0, 0.1) is 5.92 Å². The van der Waals surface area contributed by atoms with E-state index < -0.39 is 0 Å². The fourth-order valence-electron chi connectivity index (χ4n) is 1.65. The largest absolute Gasteiger partial charge is 0.393 e. The maximum absolute atomic E-state index is 9.32. The fraction of sp³-hybridized carbons (Fsp3) is 1.00. The average Bonchev–Trinajstić information content (AvgIpc) is 2.01. The van der Waals surface area contributed by atoms with Gasteiger partial charge in [-0.1, -0.05) is 20.3 Å². The van der Waals surface area contributed by atoms with Crippen LogP contribution in [0.4, 0.5) is 0 Å². The summed E-state index contributed by atoms with van der Waals surface area (Å²) in [5, 5.41) is 9.32. The van der Waals surface area contributed by atoms with Gasteiger partial charge < -0.3 is 10.0 Å². The Morgan fingerprint density at radius 3 is 2.58 bits per heavy atom. The van der Waals surface area contributed by atoms with Crippen LogP contribution < -0.4 is 0 Å². The van der Waals surface area contributed by atoms with Crippen LogP contribution in [-0.2, 0) is 0 Å². The SMILES string of the molecule is CCC(O)CCN1CC(CC)C1. The number of nitrogens with zero attached hydrogens (tertiary/aromatic N) is 1. The minimum atomic E-state index is -0.0781. The molecule has 0 aromatic rings. The Hall–Kier alpha value is -0.0800. The van der Waals surface area contributed by atoms with Crippen LogP contribution >= 0.6 is 0 Å². The average molecular weight is 171 g/mol. The van der Waals surface area contributed by atoms with Gasteiger partial charge in [0, 0.05) is 19.6 Å². The van der Waals surface area contributed by atoms with Crippen molar-refractivity contribution in [3.8, 4) is 0 Å². The summed E-state index contributed by atoms with van der Waals surface area (Å²) in [6.45, 7) is 7.89. The standard InChI is InChI=1S/C10H21NO/c1-3-9-7-11(8-9)6-5-10(12)4-2/h9-10,12H,3-8H2,1-2H3. The molecule has 1 atom stereocenters. The highest BCUT2D eigenvalue weighted by Gasteiger charge is 2.24. The molecule has 0 aromatic heterocycles. The second-order valence-electron chi connectivity index (χ2n) is 3.88. The van der Waals surface area contributed by atoms with Gasteiger partial charge in [-0.2, -0.15) is 0 Å². The highest BCUT2D eigenvalue weighted by atomic mass is 16.3. The monoisotopic (exact) mass is 171 g/mol. The lowest BCUT2D eigenvalue weighted by Crippen LogP contribution is -2.47. The summed E-state index contributed by atoms with van der Waals surface area (Å²) in [5.74, 6) is 0.934. The number of hydrogen-bond acceptors (Lipinski definition) is 2. The molecule has 0 spiro atoms. The third-order valence-corrected chi connectivity index (χ3v) is 2.86. The van der Waals surface area contributed by atoms with E-state index in [9.17, 15) is 5.11 Å². The molecule has 1 heterocycles. The van der Waals surface area contributed by atoms with E-state index in [4.69, 9.17) is 0 Å². The summed E-state index contributed by atoms with van der Waals surface area (Å²) in [6.07, 6.45) is 3.08. The zero-order valence-electron chi connectivity index (χ0n) is 8.29. The third-order valence-electron chi connectivity index (χ3n) is 2.86. The predicted octanol–water partition coefficient (Wildman–Crippen LogP) is 1.49. The fourth-order valence-corrected chi connectivity index (χ4v) is 1.65. The Balaban J connectivity index is 1.96. The summed E-state index contributed by atoms with van der Waals surface area (Å²) in [5.41, 5.74) is 0. The van der Waals surface area contributed by atoms with E-state index in [2.05, 4.69) is 11.8 Å². The summed E-state index contributed by atoms with van der Waals surface area (Å²) >= 11 is 0. The molecule has 0 aliphatic carbocycles. The van der Waals surface area contributed by atoms with E-state index in [-0.39, 0.29) is 6.10 Å². The molecular formula is C10H21NO. The predicted molar refractivity (Wildman–Crippen MR) is 51.1 cm³/mol. The van der Waals surface area contributed by atoms with Crippen molar-refractivity contribution in [1.29, 1.82) is 0 Å². The zero-order valence-corrected chi connectivity index (χ0v) is 8.29. The molecule has 72 valence electrons. The molecule has 12 heavy (non-hydrogen) atoms. The smallest absolute Gasteiger partial charge is 0.0549 e. The Morgan fingerprint density at radius 1 is 1.42 bits per heavy atom. The molecule has 1 saturated heterocycles. The lowest BCUT2D eigenvalue weighted by Gasteiger charge is -2.39. The summed E-state index contributed by atoms with van der Waals surface area (Å²) in [6, 6.07) is 0. The first-order valence-electron chi connectivity index (χ1n) is 5.16. The van der Waals surface area contributed by atoms with Gasteiger partial charge in [0.2, 0.25) is 0 Å². The van der Waals surface area contributed by atoms with Crippen molar-refractivity contribution in [3.63, 3.8) is 0 Å². The first-order chi connectivity index (χ1) is 5.76. The van der Waals surface area contributed by atoms with Crippen molar-refractivity contribution >= 4 is 0 Å². The Labute approximate surface area is 75.6 Å². The summed E-state index contributed by atoms with van der Waals surface area (Å²) in [7, 11) is 0. The molecule has 1 N–H and O–H groups in total. The molecule has 1 unspecified atom stereocenters. The van der Waals surface area contributed by atoms with Crippen molar-refractivity contribution in [1.82, 2.24) is 4.90 Å². The van der Waals surface area contributed by atoms with Gasteiger partial charge in [0.15, 0.2) is 0 Å². The van der Waals surface area contributed by atoms with Crippen molar-refractivity contribution in [2.75, 3.05) is 19.6 Å². The van der Waals surface area contributed by atoms with Crippen LogP contribution in [0.25, 0.3) is 0 Å². The minimum absolute atomic E-state index is 0.0781. The number of hydrogen-bond donors (Lipinski definition) is 1. The van der Waals surface area contributed by atoms with Gasteiger partial charge in [-0.15, -0.1) is 0 Å². The molecule has 1 aliphatic heterocycles. The van der Waals surface area contributed by atoms with Crippen LogP contribution in [0.2, 0.25) is 0 Å². The van der Waals surface area contributed by atoms with E-state index >= 15 is 0 Å². The topological polar surface area (TPSA) is 23.5 Å². The zero-order chi connectivity index (χ0) is 8.97. The molecule has 2 heteroatoms. The van der Waals surface area contributed by atoms with Crippen LogP contribution in [-0.4, -0.2) is 35.7 Å². The lowest BCUT2D eigenvalue weighted by molar-refractivity contribution is 0.0701. The molecule has 0 bridgehead atoms. The number of likely N-dealkylation sites (tertiary alicyclic amines) is 1. The van der Waals surface area contributed by atoms with Gasteiger partial charge in [-0.3, -0.25) is 0 Å². The lowest BCUT2D eigenvalue weighted by atomic mass is 9.97. The molecule has 2 nitrogen and oxygen atoms in total.